The van der Waals surface area contributed by atoms with Gasteiger partial charge in [0, 0.05) is 12.4 Å². The summed E-state index contributed by atoms with van der Waals surface area (Å²) in [5.74, 6) is 0. The van der Waals surface area contributed by atoms with Crippen LogP contribution in [0.1, 0.15) is 5.56 Å². The van der Waals surface area contributed by atoms with Crippen LogP contribution >= 0.6 is 0 Å². The lowest BCUT2D eigenvalue weighted by atomic mass is 10.2. The molecule has 0 aliphatic heterocycles. The molecule has 0 N–H and O–H groups in total. The fourth-order valence-electron chi connectivity index (χ4n) is 0.678. The highest BCUT2D eigenvalue weighted by atomic mass is 14.6. The van der Waals surface area contributed by atoms with Gasteiger partial charge in [-0.25, -0.2) is 0 Å². The molecule has 1 heteroatoms. The minimum absolute atomic E-state index is 1.10. The molecule has 0 bridgehead atoms. The van der Waals surface area contributed by atoms with Gasteiger partial charge in [0.15, 0.2) is 0 Å². The predicted octanol–water partition coefficient (Wildman–Crippen LogP) is 2.25. The van der Waals surface area contributed by atoms with E-state index >= 15 is 0 Å². The molecule has 50 valence electrons. The highest BCUT2D eigenvalue weighted by Gasteiger charge is 1.79. The minimum atomic E-state index is 1.10. The number of hydrogen-bond acceptors (Lipinski definition) is 1. The number of hydrogen-bond donors (Lipinski definition) is 0. The van der Waals surface area contributed by atoms with Crippen molar-refractivity contribution in [3.8, 4) is 0 Å². The highest BCUT2D eigenvalue weighted by molar-refractivity contribution is 5.79. The largest absolute Gasteiger partial charge is 0.265 e. The Bertz CT molecular complexity index is 224. The van der Waals surface area contributed by atoms with Crippen molar-refractivity contribution < 1.29 is 0 Å². The lowest BCUT2D eigenvalue weighted by Gasteiger charge is -1.86. The third kappa shape index (κ3) is 1.86. The van der Waals surface area contributed by atoms with Crippen LogP contribution in [0.3, 0.4) is 0 Å². The van der Waals surface area contributed by atoms with Crippen molar-refractivity contribution in [2.75, 3.05) is 0 Å². The summed E-state index contributed by atoms with van der Waals surface area (Å²) in [6, 6.07) is 9.92. The smallest absolute Gasteiger partial charge is 0.0340 e. The molecular formula is C9H9N. The van der Waals surface area contributed by atoms with Gasteiger partial charge in [-0.1, -0.05) is 36.9 Å². The quantitative estimate of drug-likeness (QED) is 0.546. The normalized spacial score (nSPS) is 10.0. The topological polar surface area (TPSA) is 12.4 Å². The van der Waals surface area contributed by atoms with Gasteiger partial charge in [-0.3, -0.25) is 4.99 Å². The molecule has 1 nitrogen and oxygen atoms in total. The van der Waals surface area contributed by atoms with E-state index in [9.17, 15) is 0 Å². The van der Waals surface area contributed by atoms with Gasteiger partial charge >= 0.3 is 0 Å². The van der Waals surface area contributed by atoms with Gasteiger partial charge in [-0.15, -0.1) is 0 Å². The van der Waals surface area contributed by atoms with Crippen LogP contribution in [0.25, 0.3) is 0 Å². The molecule has 0 aromatic heterocycles. The van der Waals surface area contributed by atoms with E-state index in [0.29, 0.717) is 0 Å². The van der Waals surface area contributed by atoms with E-state index in [1.165, 1.54) is 6.20 Å². The fourth-order valence-corrected chi connectivity index (χ4v) is 0.678. The molecule has 0 aliphatic carbocycles. The summed E-state index contributed by atoms with van der Waals surface area (Å²) in [6.45, 7) is 3.48. The van der Waals surface area contributed by atoms with E-state index in [4.69, 9.17) is 0 Å². The maximum absolute atomic E-state index is 3.88. The first-order chi connectivity index (χ1) is 4.93. The molecule has 1 aromatic rings. The number of rotatable bonds is 2. The van der Waals surface area contributed by atoms with Gasteiger partial charge in [-0.2, -0.15) is 0 Å². The molecule has 10 heavy (non-hydrogen) atoms. The number of benzene rings is 1. The second kappa shape index (κ2) is 3.62. The third-order valence-corrected chi connectivity index (χ3v) is 1.13. The Hall–Kier alpha value is -1.37. The summed E-state index contributed by atoms with van der Waals surface area (Å²) in [5.41, 5.74) is 1.10. The van der Waals surface area contributed by atoms with E-state index in [0.717, 1.165) is 5.56 Å². The van der Waals surface area contributed by atoms with Crippen LogP contribution in [0.2, 0.25) is 0 Å². The molecule has 1 rings (SSSR count). The summed E-state index contributed by atoms with van der Waals surface area (Å²) in [5, 5.41) is 0. The van der Waals surface area contributed by atoms with Crippen LogP contribution in [-0.4, -0.2) is 6.21 Å². The van der Waals surface area contributed by atoms with Crippen LogP contribution in [0, 0.1) is 0 Å². The van der Waals surface area contributed by atoms with Gasteiger partial charge in [0.05, 0.1) is 0 Å². The second-order valence-corrected chi connectivity index (χ2v) is 1.87. The Kier molecular flexibility index (Phi) is 2.44. The van der Waals surface area contributed by atoms with Gasteiger partial charge in [0.1, 0.15) is 0 Å². The summed E-state index contributed by atoms with van der Waals surface area (Å²) < 4.78 is 0. The van der Waals surface area contributed by atoms with Crippen LogP contribution < -0.4 is 0 Å². The minimum Gasteiger partial charge on any atom is -0.265 e. The van der Waals surface area contributed by atoms with Crippen molar-refractivity contribution in [2.24, 2.45) is 4.99 Å². The van der Waals surface area contributed by atoms with Crippen LogP contribution in [-0.2, 0) is 0 Å². The molecule has 0 heterocycles. The van der Waals surface area contributed by atoms with Gasteiger partial charge in [0.25, 0.3) is 0 Å². The van der Waals surface area contributed by atoms with Crippen molar-refractivity contribution in [3.63, 3.8) is 0 Å². The first kappa shape index (κ1) is 6.75. The first-order valence-electron chi connectivity index (χ1n) is 3.12. The van der Waals surface area contributed by atoms with Crippen molar-refractivity contribution in [1.29, 1.82) is 0 Å². The average molecular weight is 131 g/mol. The summed E-state index contributed by atoms with van der Waals surface area (Å²) in [7, 11) is 0. The maximum atomic E-state index is 3.88. The molecular weight excluding hydrogens is 122 g/mol. The Morgan fingerprint density at radius 3 is 2.50 bits per heavy atom. The maximum Gasteiger partial charge on any atom is 0.0340 e. The van der Waals surface area contributed by atoms with Gasteiger partial charge < -0.3 is 0 Å². The highest BCUT2D eigenvalue weighted by Crippen LogP contribution is 1.93. The monoisotopic (exact) mass is 131 g/mol. The zero-order chi connectivity index (χ0) is 7.23. The molecule has 1 aromatic carbocycles. The molecule has 0 amide bonds. The van der Waals surface area contributed by atoms with Gasteiger partial charge in [-0.05, 0) is 5.56 Å². The molecule has 0 aliphatic rings. The fraction of sp³-hybridized carbons (Fsp3) is 0. The van der Waals surface area contributed by atoms with Crippen LogP contribution in [0.4, 0.5) is 0 Å². The number of nitrogens with zero attached hydrogens (tertiary/aromatic N) is 1. The van der Waals surface area contributed by atoms with Crippen molar-refractivity contribution in [2.45, 2.75) is 0 Å². The third-order valence-electron chi connectivity index (χ3n) is 1.13. The molecule has 0 fully saturated rings. The summed E-state index contributed by atoms with van der Waals surface area (Å²) >= 11 is 0. The molecule has 0 spiro atoms. The Labute approximate surface area is 60.7 Å². The zero-order valence-corrected chi connectivity index (χ0v) is 5.70. The Morgan fingerprint density at radius 2 is 1.90 bits per heavy atom. The second-order valence-electron chi connectivity index (χ2n) is 1.87. The standard InChI is InChI=1S/C9H9N/c1-2-10-8-9-6-4-3-5-7-9/h2-8H,1H2/b10-8-. The molecule has 0 atom stereocenters. The SMILES string of the molecule is C=C/N=C\c1ccccc1. The van der Waals surface area contributed by atoms with E-state index in [2.05, 4.69) is 11.6 Å². The lowest BCUT2D eigenvalue weighted by molar-refractivity contribution is 1.58. The van der Waals surface area contributed by atoms with Crippen molar-refractivity contribution in [1.82, 2.24) is 0 Å². The van der Waals surface area contributed by atoms with Gasteiger partial charge in [0.2, 0.25) is 0 Å². The molecule has 0 radical (unpaired) electrons. The van der Waals surface area contributed by atoms with E-state index in [-0.39, 0.29) is 0 Å². The molecule has 0 saturated heterocycles. The Morgan fingerprint density at radius 1 is 1.20 bits per heavy atom. The van der Waals surface area contributed by atoms with Crippen LogP contribution in [0.5, 0.6) is 0 Å². The van der Waals surface area contributed by atoms with E-state index < -0.39 is 0 Å². The van der Waals surface area contributed by atoms with E-state index in [1.54, 1.807) is 6.21 Å². The summed E-state index contributed by atoms with van der Waals surface area (Å²) in [6.07, 6.45) is 3.29. The predicted molar refractivity (Wildman–Crippen MR) is 44.2 cm³/mol. The zero-order valence-electron chi connectivity index (χ0n) is 5.70. The molecule has 0 saturated carbocycles. The van der Waals surface area contributed by atoms with Crippen LogP contribution in [0.15, 0.2) is 48.1 Å². The Balaban J connectivity index is 2.76. The van der Waals surface area contributed by atoms with Crippen molar-refractivity contribution in [3.05, 3.63) is 48.7 Å². The van der Waals surface area contributed by atoms with Crippen molar-refractivity contribution >= 4 is 6.21 Å². The number of aliphatic imine (C=N–C) groups is 1. The molecule has 0 unspecified atom stereocenters. The lowest BCUT2D eigenvalue weighted by Crippen LogP contribution is -1.75. The average Bonchev–Trinajstić information content (AvgIpc) is 2.03. The van der Waals surface area contributed by atoms with E-state index in [1.807, 2.05) is 30.3 Å². The first-order valence-corrected chi connectivity index (χ1v) is 3.12. The summed E-state index contributed by atoms with van der Waals surface area (Å²) in [4.78, 5) is 3.88.